The Hall–Kier alpha value is -3.54. The van der Waals surface area contributed by atoms with Crippen molar-refractivity contribution in [1.82, 2.24) is 0 Å². The van der Waals surface area contributed by atoms with E-state index in [-0.39, 0.29) is 34.1 Å². The Morgan fingerprint density at radius 1 is 0.731 bits per heavy atom. The second-order valence-electron chi connectivity index (χ2n) is 6.33. The van der Waals surface area contributed by atoms with Gasteiger partial charge in [0.25, 0.3) is 10.9 Å². The number of anilines is 3. The minimum atomic E-state index is -0.638. The van der Waals surface area contributed by atoms with Crippen LogP contribution in [0.3, 0.4) is 0 Å². The molecule has 1 aliphatic rings. The first kappa shape index (κ1) is 16.0. The second-order valence-corrected chi connectivity index (χ2v) is 6.33. The van der Waals surface area contributed by atoms with Crippen LogP contribution in [0.25, 0.3) is 0 Å². The van der Waals surface area contributed by atoms with Crippen LogP contribution >= 0.6 is 0 Å². The zero-order valence-electron chi connectivity index (χ0n) is 14.1. The predicted molar refractivity (Wildman–Crippen MR) is 98.7 cm³/mol. The quantitative estimate of drug-likeness (QED) is 0.570. The highest BCUT2D eigenvalue weighted by Crippen LogP contribution is 2.34. The molecular formula is C20H14N2O4. The van der Waals surface area contributed by atoms with Gasteiger partial charge in [-0.2, -0.15) is 0 Å². The van der Waals surface area contributed by atoms with E-state index in [1.807, 2.05) is 0 Å². The molecule has 0 bridgehead atoms. The van der Waals surface area contributed by atoms with Gasteiger partial charge in [-0.05, 0) is 6.07 Å². The first-order valence-corrected chi connectivity index (χ1v) is 8.01. The van der Waals surface area contributed by atoms with Crippen molar-refractivity contribution in [2.75, 3.05) is 24.3 Å². The lowest BCUT2D eigenvalue weighted by molar-refractivity contribution is 0.0979. The van der Waals surface area contributed by atoms with E-state index < -0.39 is 10.9 Å². The molecule has 0 aliphatic heterocycles. The lowest BCUT2D eigenvalue weighted by atomic mass is 9.83. The fraction of sp³-hybridized carbons (Fsp3) is 0.100. The van der Waals surface area contributed by atoms with Gasteiger partial charge in [-0.25, -0.2) is 0 Å². The highest BCUT2D eigenvalue weighted by Gasteiger charge is 2.32. The molecule has 0 heterocycles. The molecule has 0 amide bonds. The molecule has 0 atom stereocenters. The Morgan fingerprint density at radius 3 is 2.00 bits per heavy atom. The Balaban J connectivity index is 1.86. The monoisotopic (exact) mass is 346 g/mol. The number of nitrogens with one attached hydrogen (secondary N) is 1. The topological polar surface area (TPSA) is 83.6 Å². The highest BCUT2D eigenvalue weighted by atomic mass is 16.2. The van der Waals surface area contributed by atoms with Gasteiger partial charge < -0.3 is 10.2 Å². The largest absolute Gasteiger partial charge is 0.373 e. The van der Waals surface area contributed by atoms with Crippen LogP contribution in [0.15, 0.2) is 52.1 Å². The summed E-state index contributed by atoms with van der Waals surface area (Å²) in [4.78, 5) is 50.9. The normalized spacial score (nSPS) is 12.7. The second kappa shape index (κ2) is 5.49. The van der Waals surface area contributed by atoms with Gasteiger partial charge in [0.05, 0.1) is 11.3 Å². The summed E-state index contributed by atoms with van der Waals surface area (Å²) in [6.07, 6.45) is 0. The minimum absolute atomic E-state index is 0.132. The predicted octanol–water partition coefficient (Wildman–Crippen LogP) is 1.87. The van der Waals surface area contributed by atoms with Crippen LogP contribution in [0.2, 0.25) is 0 Å². The molecule has 1 aliphatic carbocycles. The van der Waals surface area contributed by atoms with Crippen LogP contribution in [-0.4, -0.2) is 25.7 Å². The third-order valence-corrected chi connectivity index (χ3v) is 4.54. The van der Waals surface area contributed by atoms with Gasteiger partial charge in [0.2, 0.25) is 0 Å². The highest BCUT2D eigenvalue weighted by molar-refractivity contribution is 6.30. The zero-order valence-corrected chi connectivity index (χ0v) is 14.1. The van der Waals surface area contributed by atoms with Crippen molar-refractivity contribution < 1.29 is 9.59 Å². The number of fused-ring (bicyclic) bond motifs is 2. The molecule has 26 heavy (non-hydrogen) atoms. The van der Waals surface area contributed by atoms with Crippen LogP contribution in [-0.2, 0) is 0 Å². The van der Waals surface area contributed by atoms with Crippen molar-refractivity contribution >= 4 is 28.6 Å². The molecule has 0 fully saturated rings. The number of nitrogens with zero attached hydrogens (tertiary/aromatic N) is 1. The van der Waals surface area contributed by atoms with Gasteiger partial charge in [0.1, 0.15) is 11.4 Å². The van der Waals surface area contributed by atoms with Crippen LogP contribution in [0.5, 0.6) is 0 Å². The van der Waals surface area contributed by atoms with Gasteiger partial charge in [-0.3, -0.25) is 19.2 Å². The van der Waals surface area contributed by atoms with Crippen molar-refractivity contribution in [3.8, 4) is 0 Å². The maximum atomic E-state index is 13.0. The Kier molecular flexibility index (Phi) is 3.37. The number of ketones is 2. The van der Waals surface area contributed by atoms with Crippen molar-refractivity contribution in [3.63, 3.8) is 0 Å². The summed E-state index contributed by atoms with van der Waals surface area (Å²) in [6, 6.07) is 11.5. The molecule has 0 aromatic heterocycles. The standard InChI is InChI=1S/C20H14N2O4/c1-22(2)16-15(19(25)20(16)26)21-13-9-5-8-12-14(13)18(24)11-7-4-3-6-10(11)17(12)23/h3-9,21H,1-2H3. The van der Waals surface area contributed by atoms with Crippen molar-refractivity contribution in [2.24, 2.45) is 0 Å². The van der Waals surface area contributed by atoms with E-state index in [4.69, 9.17) is 0 Å². The molecule has 0 saturated carbocycles. The summed E-state index contributed by atoms with van der Waals surface area (Å²) < 4.78 is 0. The summed E-state index contributed by atoms with van der Waals surface area (Å²) in [6.45, 7) is 0. The molecule has 3 aromatic rings. The third kappa shape index (κ3) is 2.05. The summed E-state index contributed by atoms with van der Waals surface area (Å²) in [5, 5.41) is 2.89. The number of hydrogen-bond donors (Lipinski definition) is 1. The summed E-state index contributed by atoms with van der Waals surface area (Å²) in [5.41, 5.74) is 0.706. The SMILES string of the molecule is CN(C)c1c(Nc2cccc3c2C(=O)c2ccccc2C3=O)c(=O)c1=O. The molecule has 0 saturated heterocycles. The molecule has 3 aromatic carbocycles. The van der Waals surface area contributed by atoms with E-state index in [1.165, 1.54) is 0 Å². The minimum Gasteiger partial charge on any atom is -0.373 e. The third-order valence-electron chi connectivity index (χ3n) is 4.54. The summed E-state index contributed by atoms with van der Waals surface area (Å²) in [7, 11) is 3.32. The molecular weight excluding hydrogens is 332 g/mol. The lowest BCUT2D eigenvalue weighted by Gasteiger charge is -2.23. The fourth-order valence-electron chi connectivity index (χ4n) is 3.31. The van der Waals surface area contributed by atoms with E-state index in [9.17, 15) is 19.2 Å². The van der Waals surface area contributed by atoms with Crippen molar-refractivity contribution in [1.29, 1.82) is 0 Å². The van der Waals surface area contributed by atoms with Gasteiger partial charge in [0.15, 0.2) is 11.6 Å². The van der Waals surface area contributed by atoms with Crippen LogP contribution in [0, 0.1) is 0 Å². The van der Waals surface area contributed by atoms with E-state index in [1.54, 1.807) is 61.5 Å². The lowest BCUT2D eigenvalue weighted by Crippen LogP contribution is -2.39. The number of carbonyl (C=O) groups excluding carboxylic acids is 2. The Morgan fingerprint density at radius 2 is 1.35 bits per heavy atom. The number of hydrogen-bond acceptors (Lipinski definition) is 6. The Labute approximate surface area is 148 Å². The number of benzene rings is 2. The summed E-state index contributed by atoms with van der Waals surface area (Å²) in [5.74, 6) is -0.528. The molecule has 128 valence electrons. The smallest absolute Gasteiger partial charge is 0.253 e. The molecule has 0 unspecified atom stereocenters. The maximum Gasteiger partial charge on any atom is 0.253 e. The van der Waals surface area contributed by atoms with Gasteiger partial charge in [0, 0.05) is 30.8 Å². The Bertz CT molecular complexity index is 1170. The first-order valence-electron chi connectivity index (χ1n) is 8.01. The van der Waals surface area contributed by atoms with E-state index in [0.29, 0.717) is 16.8 Å². The molecule has 6 nitrogen and oxygen atoms in total. The molecule has 0 radical (unpaired) electrons. The van der Waals surface area contributed by atoms with Gasteiger partial charge in [-0.15, -0.1) is 0 Å². The average molecular weight is 346 g/mol. The molecule has 0 spiro atoms. The van der Waals surface area contributed by atoms with Gasteiger partial charge >= 0.3 is 0 Å². The first-order chi connectivity index (χ1) is 12.4. The van der Waals surface area contributed by atoms with Crippen molar-refractivity contribution in [2.45, 2.75) is 0 Å². The maximum absolute atomic E-state index is 13.0. The van der Waals surface area contributed by atoms with E-state index in [2.05, 4.69) is 5.32 Å². The van der Waals surface area contributed by atoms with Crippen molar-refractivity contribution in [3.05, 3.63) is 85.2 Å². The number of rotatable bonds is 3. The zero-order chi connectivity index (χ0) is 18.6. The average Bonchev–Trinajstić information content (AvgIpc) is 2.64. The van der Waals surface area contributed by atoms with Crippen LogP contribution in [0.1, 0.15) is 31.8 Å². The van der Waals surface area contributed by atoms with Gasteiger partial charge in [-0.1, -0.05) is 36.4 Å². The van der Waals surface area contributed by atoms with Crippen LogP contribution in [0.4, 0.5) is 17.1 Å². The number of carbonyl (C=O) groups is 2. The summed E-state index contributed by atoms with van der Waals surface area (Å²) >= 11 is 0. The molecule has 6 heteroatoms. The molecule has 4 rings (SSSR count). The molecule has 1 N–H and O–H groups in total. The van der Waals surface area contributed by atoms with E-state index in [0.717, 1.165) is 0 Å². The fourth-order valence-corrected chi connectivity index (χ4v) is 3.31. The van der Waals surface area contributed by atoms with Crippen LogP contribution < -0.4 is 21.1 Å². The van der Waals surface area contributed by atoms with E-state index >= 15 is 0 Å².